The number of nitrogens with one attached hydrogen (secondary N) is 1. The highest BCUT2D eigenvalue weighted by Gasteiger charge is 2.15. The second-order valence-electron chi connectivity index (χ2n) is 4.36. The lowest BCUT2D eigenvalue weighted by molar-refractivity contribution is -0.119. The van der Waals surface area contributed by atoms with Crippen LogP contribution in [-0.4, -0.2) is 23.0 Å². The summed E-state index contributed by atoms with van der Waals surface area (Å²) in [6.45, 7) is 5.64. The molecule has 16 heavy (non-hydrogen) atoms. The maximum Gasteiger partial charge on any atom is 0.147 e. The molecule has 0 saturated carbocycles. The summed E-state index contributed by atoms with van der Waals surface area (Å²) in [6.07, 6.45) is 0.661. The number of ketones is 1. The maximum atomic E-state index is 11.4. The standard InChI is InChI=1S/C13H19NO2/c1-9(2)14-13(10(3)15)8-11-4-6-12(16)7-5-11/h4-7,9,13-14,16H,8H2,1-3H3/t13-/m0/s1. The SMILES string of the molecule is CC(=O)[C@H](Cc1ccc(O)cc1)NC(C)C. The Hall–Kier alpha value is -1.35. The monoisotopic (exact) mass is 221 g/mol. The van der Waals surface area contributed by atoms with E-state index in [0.717, 1.165) is 5.56 Å². The van der Waals surface area contributed by atoms with Crippen LogP contribution < -0.4 is 5.32 Å². The fourth-order valence-corrected chi connectivity index (χ4v) is 1.59. The molecule has 88 valence electrons. The first kappa shape index (κ1) is 12.7. The van der Waals surface area contributed by atoms with Gasteiger partial charge in [0.25, 0.3) is 0 Å². The Bertz CT molecular complexity index is 343. The average Bonchev–Trinajstić information content (AvgIpc) is 2.19. The summed E-state index contributed by atoms with van der Waals surface area (Å²) < 4.78 is 0. The Balaban J connectivity index is 2.68. The second kappa shape index (κ2) is 5.66. The van der Waals surface area contributed by atoms with E-state index in [1.165, 1.54) is 0 Å². The normalized spacial score (nSPS) is 12.8. The molecular weight excluding hydrogens is 202 g/mol. The van der Waals surface area contributed by atoms with Crippen molar-refractivity contribution in [2.75, 3.05) is 0 Å². The zero-order chi connectivity index (χ0) is 12.1. The zero-order valence-electron chi connectivity index (χ0n) is 10.0. The summed E-state index contributed by atoms with van der Waals surface area (Å²) in [6, 6.07) is 7.10. The van der Waals surface area contributed by atoms with Gasteiger partial charge in [0.15, 0.2) is 0 Å². The van der Waals surface area contributed by atoms with Gasteiger partial charge in [-0.25, -0.2) is 0 Å². The Labute approximate surface area is 96.5 Å². The summed E-state index contributed by atoms with van der Waals surface area (Å²) >= 11 is 0. The number of benzene rings is 1. The highest BCUT2D eigenvalue weighted by Crippen LogP contribution is 2.11. The molecule has 2 N–H and O–H groups in total. The van der Waals surface area contributed by atoms with E-state index < -0.39 is 0 Å². The Morgan fingerprint density at radius 3 is 2.31 bits per heavy atom. The number of carbonyl (C=O) groups is 1. The number of rotatable bonds is 5. The molecule has 1 aromatic rings. The van der Waals surface area contributed by atoms with Gasteiger partial charge < -0.3 is 10.4 Å². The van der Waals surface area contributed by atoms with Gasteiger partial charge in [0, 0.05) is 6.04 Å². The first-order valence-corrected chi connectivity index (χ1v) is 5.53. The van der Waals surface area contributed by atoms with Crippen LogP contribution in [0.25, 0.3) is 0 Å². The lowest BCUT2D eigenvalue weighted by Gasteiger charge is -2.18. The molecular formula is C13H19NO2. The highest BCUT2D eigenvalue weighted by atomic mass is 16.3. The smallest absolute Gasteiger partial charge is 0.147 e. The highest BCUT2D eigenvalue weighted by molar-refractivity contribution is 5.81. The van der Waals surface area contributed by atoms with Crippen molar-refractivity contribution in [1.29, 1.82) is 0 Å². The van der Waals surface area contributed by atoms with Gasteiger partial charge in [0.1, 0.15) is 11.5 Å². The maximum absolute atomic E-state index is 11.4. The summed E-state index contributed by atoms with van der Waals surface area (Å²) in [7, 11) is 0. The molecule has 0 saturated heterocycles. The minimum atomic E-state index is -0.149. The van der Waals surface area contributed by atoms with Gasteiger partial charge in [0.2, 0.25) is 0 Å². The Morgan fingerprint density at radius 1 is 1.31 bits per heavy atom. The molecule has 0 aliphatic carbocycles. The van der Waals surface area contributed by atoms with Crippen LogP contribution in [-0.2, 0) is 11.2 Å². The first-order valence-electron chi connectivity index (χ1n) is 5.53. The lowest BCUT2D eigenvalue weighted by atomic mass is 10.0. The topological polar surface area (TPSA) is 49.3 Å². The molecule has 0 unspecified atom stereocenters. The minimum Gasteiger partial charge on any atom is -0.508 e. The minimum absolute atomic E-state index is 0.141. The first-order chi connectivity index (χ1) is 7.49. The molecule has 0 fully saturated rings. The number of carbonyl (C=O) groups excluding carboxylic acids is 1. The van der Waals surface area contributed by atoms with Gasteiger partial charge in [-0.15, -0.1) is 0 Å². The zero-order valence-corrected chi connectivity index (χ0v) is 10.0. The van der Waals surface area contributed by atoms with E-state index >= 15 is 0 Å². The molecule has 0 bridgehead atoms. The van der Waals surface area contributed by atoms with E-state index in [-0.39, 0.29) is 23.6 Å². The number of hydrogen-bond donors (Lipinski definition) is 2. The van der Waals surface area contributed by atoms with Gasteiger partial charge in [-0.2, -0.15) is 0 Å². The molecule has 1 rings (SSSR count). The molecule has 0 aliphatic heterocycles. The molecule has 0 heterocycles. The predicted octanol–water partition coefficient (Wildman–Crippen LogP) is 1.89. The third-order valence-corrected chi connectivity index (χ3v) is 2.40. The molecule has 3 nitrogen and oxygen atoms in total. The average molecular weight is 221 g/mol. The van der Waals surface area contributed by atoms with Gasteiger partial charge in [-0.1, -0.05) is 26.0 Å². The van der Waals surface area contributed by atoms with Crippen LogP contribution in [0.2, 0.25) is 0 Å². The summed E-state index contributed by atoms with van der Waals surface area (Å²) in [5.41, 5.74) is 1.05. The number of phenolic OH excluding ortho intramolecular Hbond substituents is 1. The largest absolute Gasteiger partial charge is 0.508 e. The van der Waals surface area contributed by atoms with E-state index in [0.29, 0.717) is 6.42 Å². The number of phenols is 1. The van der Waals surface area contributed by atoms with Crippen LogP contribution in [0.4, 0.5) is 0 Å². The second-order valence-corrected chi connectivity index (χ2v) is 4.36. The molecule has 0 radical (unpaired) electrons. The van der Waals surface area contributed by atoms with E-state index in [9.17, 15) is 4.79 Å². The van der Waals surface area contributed by atoms with Crippen LogP contribution in [0.3, 0.4) is 0 Å². The Morgan fingerprint density at radius 2 is 1.88 bits per heavy atom. The van der Waals surface area contributed by atoms with Crippen LogP contribution in [0, 0.1) is 0 Å². The van der Waals surface area contributed by atoms with E-state index in [1.807, 2.05) is 26.0 Å². The summed E-state index contributed by atoms with van der Waals surface area (Å²) in [5.74, 6) is 0.390. The molecule has 0 spiro atoms. The van der Waals surface area contributed by atoms with E-state index in [4.69, 9.17) is 5.11 Å². The number of Topliss-reactive ketones (excluding diaryl/α,β-unsaturated/α-hetero) is 1. The van der Waals surface area contributed by atoms with Gasteiger partial charge >= 0.3 is 0 Å². The van der Waals surface area contributed by atoms with Crippen molar-refractivity contribution in [3.05, 3.63) is 29.8 Å². The van der Waals surface area contributed by atoms with Crippen LogP contribution in [0.15, 0.2) is 24.3 Å². The number of aromatic hydroxyl groups is 1. The lowest BCUT2D eigenvalue weighted by Crippen LogP contribution is -2.41. The van der Waals surface area contributed by atoms with E-state index in [2.05, 4.69) is 5.32 Å². The van der Waals surface area contributed by atoms with Crippen molar-refractivity contribution in [3.8, 4) is 5.75 Å². The fraction of sp³-hybridized carbons (Fsp3) is 0.462. The third-order valence-electron chi connectivity index (χ3n) is 2.40. The van der Waals surface area contributed by atoms with Crippen LogP contribution in [0.1, 0.15) is 26.3 Å². The van der Waals surface area contributed by atoms with Crippen molar-refractivity contribution >= 4 is 5.78 Å². The number of hydrogen-bond acceptors (Lipinski definition) is 3. The van der Waals surface area contributed by atoms with Crippen LogP contribution >= 0.6 is 0 Å². The predicted molar refractivity (Wildman–Crippen MR) is 64.6 cm³/mol. The molecule has 0 aromatic heterocycles. The summed E-state index contributed by atoms with van der Waals surface area (Å²) in [5, 5.41) is 12.4. The van der Waals surface area contributed by atoms with Gasteiger partial charge in [-0.3, -0.25) is 4.79 Å². The van der Waals surface area contributed by atoms with Crippen molar-refractivity contribution in [2.24, 2.45) is 0 Å². The van der Waals surface area contributed by atoms with E-state index in [1.54, 1.807) is 19.1 Å². The molecule has 1 aromatic carbocycles. The molecule has 1 atom stereocenters. The Kier molecular flexibility index (Phi) is 4.50. The molecule has 0 aliphatic rings. The molecule has 0 amide bonds. The van der Waals surface area contributed by atoms with Crippen molar-refractivity contribution < 1.29 is 9.90 Å². The third kappa shape index (κ3) is 4.03. The fourth-order valence-electron chi connectivity index (χ4n) is 1.59. The van der Waals surface area contributed by atoms with Crippen LogP contribution in [0.5, 0.6) is 5.75 Å². The van der Waals surface area contributed by atoms with Crippen molar-refractivity contribution in [3.63, 3.8) is 0 Å². The quantitative estimate of drug-likeness (QED) is 0.798. The van der Waals surface area contributed by atoms with Gasteiger partial charge in [-0.05, 0) is 31.0 Å². The summed E-state index contributed by atoms with van der Waals surface area (Å²) in [4.78, 5) is 11.4. The van der Waals surface area contributed by atoms with Gasteiger partial charge in [0.05, 0.1) is 6.04 Å². The van der Waals surface area contributed by atoms with Crippen molar-refractivity contribution in [2.45, 2.75) is 39.3 Å². The molecule has 3 heteroatoms. The van der Waals surface area contributed by atoms with Crippen molar-refractivity contribution in [1.82, 2.24) is 5.32 Å².